The fourth-order valence-corrected chi connectivity index (χ4v) is 5.01. The normalized spacial score (nSPS) is 19.7. The van der Waals surface area contributed by atoms with Crippen molar-refractivity contribution >= 4 is 21.9 Å². The summed E-state index contributed by atoms with van der Waals surface area (Å²) < 4.78 is 26.4. The summed E-state index contributed by atoms with van der Waals surface area (Å²) in [6.07, 6.45) is 3.69. The Hall–Kier alpha value is -1.93. The average molecular weight is 380 g/mol. The van der Waals surface area contributed by atoms with Gasteiger partial charge in [-0.05, 0) is 43.4 Å². The molecule has 2 N–H and O–H groups in total. The van der Waals surface area contributed by atoms with E-state index in [0.717, 1.165) is 24.8 Å². The SMILES string of the molecule is O=C(CC1(C(=O)O)CCC1)NCc1ccc(S(=O)(=O)N2CCCC2)cc1. The Morgan fingerprint density at radius 3 is 2.19 bits per heavy atom. The molecule has 1 aromatic carbocycles. The molecule has 1 aliphatic heterocycles. The number of benzene rings is 1. The molecule has 1 heterocycles. The van der Waals surface area contributed by atoms with Gasteiger partial charge in [-0.2, -0.15) is 4.31 Å². The molecule has 1 saturated carbocycles. The lowest BCUT2D eigenvalue weighted by Gasteiger charge is -2.36. The smallest absolute Gasteiger partial charge is 0.310 e. The maximum Gasteiger partial charge on any atom is 0.310 e. The first-order valence-corrected chi connectivity index (χ1v) is 10.4. The highest BCUT2D eigenvalue weighted by atomic mass is 32.2. The second kappa shape index (κ2) is 7.36. The summed E-state index contributed by atoms with van der Waals surface area (Å²) in [6.45, 7) is 1.37. The number of amides is 1. The largest absolute Gasteiger partial charge is 0.481 e. The molecule has 0 unspecified atom stereocenters. The fraction of sp³-hybridized carbons (Fsp3) is 0.556. The second-order valence-corrected chi connectivity index (χ2v) is 9.09. The zero-order chi connectivity index (χ0) is 18.8. The number of hydrogen-bond donors (Lipinski definition) is 2. The van der Waals surface area contributed by atoms with Crippen molar-refractivity contribution in [3.8, 4) is 0 Å². The van der Waals surface area contributed by atoms with Crippen molar-refractivity contribution in [2.75, 3.05) is 13.1 Å². The summed E-state index contributed by atoms with van der Waals surface area (Å²) in [6, 6.07) is 6.47. The van der Waals surface area contributed by atoms with Gasteiger partial charge in [0.1, 0.15) is 0 Å². The lowest BCUT2D eigenvalue weighted by Crippen LogP contribution is -2.42. The van der Waals surface area contributed by atoms with Gasteiger partial charge in [-0.25, -0.2) is 8.42 Å². The quantitative estimate of drug-likeness (QED) is 0.750. The Balaban J connectivity index is 1.56. The first kappa shape index (κ1) is 18.8. The van der Waals surface area contributed by atoms with Crippen LogP contribution in [0.4, 0.5) is 0 Å². The third-order valence-corrected chi connectivity index (χ3v) is 7.29. The molecule has 2 fully saturated rings. The number of rotatable bonds is 7. The molecule has 1 aromatic rings. The highest BCUT2D eigenvalue weighted by Gasteiger charge is 2.45. The minimum atomic E-state index is -3.44. The minimum absolute atomic E-state index is 0.0102. The van der Waals surface area contributed by atoms with Gasteiger partial charge in [0.05, 0.1) is 10.3 Å². The predicted molar refractivity (Wildman–Crippen MR) is 94.8 cm³/mol. The summed E-state index contributed by atoms with van der Waals surface area (Å²) in [5, 5.41) is 12.0. The van der Waals surface area contributed by atoms with Crippen molar-refractivity contribution in [3.05, 3.63) is 29.8 Å². The number of carboxylic acid groups (broad SMARTS) is 1. The van der Waals surface area contributed by atoms with Gasteiger partial charge in [-0.3, -0.25) is 9.59 Å². The molecule has 8 heteroatoms. The second-order valence-electron chi connectivity index (χ2n) is 7.15. The van der Waals surface area contributed by atoms with E-state index in [-0.39, 0.29) is 23.8 Å². The summed E-state index contributed by atoms with van der Waals surface area (Å²) in [7, 11) is -3.44. The lowest BCUT2D eigenvalue weighted by molar-refractivity contribution is -0.157. The molecule has 2 aliphatic rings. The maximum atomic E-state index is 12.5. The number of sulfonamides is 1. The molecule has 3 rings (SSSR count). The van der Waals surface area contributed by atoms with E-state index in [1.54, 1.807) is 24.3 Å². The van der Waals surface area contributed by atoms with Crippen LogP contribution in [0.25, 0.3) is 0 Å². The van der Waals surface area contributed by atoms with Crippen LogP contribution < -0.4 is 5.32 Å². The van der Waals surface area contributed by atoms with Crippen molar-refractivity contribution in [2.45, 2.75) is 50.0 Å². The third-order valence-electron chi connectivity index (χ3n) is 5.38. The van der Waals surface area contributed by atoms with Crippen LogP contribution >= 0.6 is 0 Å². The zero-order valence-corrected chi connectivity index (χ0v) is 15.4. The topological polar surface area (TPSA) is 104 Å². The Bertz CT molecular complexity index is 778. The molecular weight excluding hydrogens is 356 g/mol. The van der Waals surface area contributed by atoms with Gasteiger partial charge in [0.25, 0.3) is 0 Å². The molecule has 1 amide bonds. The highest BCUT2D eigenvalue weighted by Crippen LogP contribution is 2.44. The summed E-state index contributed by atoms with van der Waals surface area (Å²) in [4.78, 5) is 23.6. The maximum absolute atomic E-state index is 12.5. The van der Waals surface area contributed by atoms with Crippen LogP contribution in [0.3, 0.4) is 0 Å². The van der Waals surface area contributed by atoms with E-state index in [2.05, 4.69) is 5.32 Å². The first-order chi connectivity index (χ1) is 12.3. The molecule has 1 aliphatic carbocycles. The van der Waals surface area contributed by atoms with Crippen molar-refractivity contribution in [1.82, 2.24) is 9.62 Å². The molecule has 0 radical (unpaired) electrons. The monoisotopic (exact) mass is 380 g/mol. The van der Waals surface area contributed by atoms with E-state index in [0.29, 0.717) is 25.9 Å². The van der Waals surface area contributed by atoms with Crippen molar-refractivity contribution in [1.29, 1.82) is 0 Å². The summed E-state index contributed by atoms with van der Waals surface area (Å²) in [5.74, 6) is -1.20. The number of nitrogens with zero attached hydrogens (tertiary/aromatic N) is 1. The molecular formula is C18H24N2O5S. The van der Waals surface area contributed by atoms with Gasteiger partial charge in [0.15, 0.2) is 0 Å². The number of carbonyl (C=O) groups is 2. The van der Waals surface area contributed by atoms with Gasteiger partial charge in [-0.1, -0.05) is 18.6 Å². The molecule has 0 bridgehead atoms. The van der Waals surface area contributed by atoms with Gasteiger partial charge >= 0.3 is 5.97 Å². The average Bonchev–Trinajstić information content (AvgIpc) is 3.11. The Labute approximate surface area is 153 Å². The summed E-state index contributed by atoms with van der Waals surface area (Å²) >= 11 is 0. The van der Waals surface area contributed by atoms with E-state index >= 15 is 0 Å². The Kier molecular flexibility index (Phi) is 5.34. The molecule has 1 saturated heterocycles. The molecule has 7 nitrogen and oxygen atoms in total. The van der Waals surface area contributed by atoms with Gasteiger partial charge in [0, 0.05) is 26.1 Å². The van der Waals surface area contributed by atoms with E-state index in [1.807, 2.05) is 0 Å². The van der Waals surface area contributed by atoms with Crippen LogP contribution in [-0.2, 0) is 26.2 Å². The number of nitrogens with one attached hydrogen (secondary N) is 1. The number of carbonyl (C=O) groups excluding carboxylic acids is 1. The first-order valence-electron chi connectivity index (χ1n) is 8.93. The van der Waals surface area contributed by atoms with Crippen molar-refractivity contribution in [3.63, 3.8) is 0 Å². The van der Waals surface area contributed by atoms with Gasteiger partial charge in [-0.15, -0.1) is 0 Å². The summed E-state index contributed by atoms with van der Waals surface area (Å²) in [5.41, 5.74) is -0.130. The van der Waals surface area contributed by atoms with E-state index < -0.39 is 21.4 Å². The van der Waals surface area contributed by atoms with Gasteiger partial charge in [0.2, 0.25) is 15.9 Å². The van der Waals surface area contributed by atoms with Crippen molar-refractivity contribution < 1.29 is 23.1 Å². The van der Waals surface area contributed by atoms with Crippen LogP contribution in [0.15, 0.2) is 29.2 Å². The van der Waals surface area contributed by atoms with Crippen LogP contribution in [0.5, 0.6) is 0 Å². The molecule has 0 spiro atoms. The van der Waals surface area contributed by atoms with Crippen molar-refractivity contribution in [2.24, 2.45) is 5.41 Å². The molecule has 0 atom stereocenters. The molecule has 26 heavy (non-hydrogen) atoms. The predicted octanol–water partition coefficient (Wildman–Crippen LogP) is 1.73. The molecule has 142 valence electrons. The standard InChI is InChI=1S/C18H24N2O5S/c21-16(12-18(17(22)23)8-3-9-18)19-13-14-4-6-15(7-5-14)26(24,25)20-10-1-2-11-20/h4-7H,1-3,8-13H2,(H,19,21)(H,22,23). The van der Waals surface area contributed by atoms with Crippen LogP contribution in [-0.4, -0.2) is 42.8 Å². The number of hydrogen-bond acceptors (Lipinski definition) is 4. The molecule has 0 aromatic heterocycles. The van der Waals surface area contributed by atoms with E-state index in [9.17, 15) is 23.1 Å². The highest BCUT2D eigenvalue weighted by molar-refractivity contribution is 7.89. The Morgan fingerprint density at radius 1 is 1.08 bits per heavy atom. The number of aliphatic carboxylic acids is 1. The van der Waals surface area contributed by atoms with Crippen LogP contribution in [0, 0.1) is 5.41 Å². The third kappa shape index (κ3) is 3.76. The lowest BCUT2D eigenvalue weighted by atomic mass is 9.66. The fourth-order valence-electron chi connectivity index (χ4n) is 3.50. The zero-order valence-electron chi connectivity index (χ0n) is 14.6. The van der Waals surface area contributed by atoms with Crippen LogP contribution in [0.1, 0.15) is 44.1 Å². The van der Waals surface area contributed by atoms with Crippen LogP contribution in [0.2, 0.25) is 0 Å². The minimum Gasteiger partial charge on any atom is -0.481 e. The van der Waals surface area contributed by atoms with Gasteiger partial charge < -0.3 is 10.4 Å². The Morgan fingerprint density at radius 2 is 1.69 bits per heavy atom. The number of carboxylic acids is 1. The van der Waals surface area contributed by atoms with E-state index in [1.165, 1.54) is 4.31 Å². The van der Waals surface area contributed by atoms with E-state index in [4.69, 9.17) is 0 Å².